The highest BCUT2D eigenvalue weighted by atomic mass is 19.1. The molecular weight excluding hydrogens is 464 g/mol. The molecule has 0 spiro atoms. The molecule has 3 aromatic heterocycles. The number of hydrogen-bond donors (Lipinski definition) is 1. The number of piperidine rings is 1. The molecule has 0 aliphatic carbocycles. The van der Waals surface area contributed by atoms with Gasteiger partial charge >= 0.3 is 0 Å². The molecule has 188 valence electrons. The van der Waals surface area contributed by atoms with Crippen LogP contribution in [0, 0.1) is 12.7 Å². The predicted octanol–water partition coefficient (Wildman–Crippen LogP) is 4.33. The summed E-state index contributed by atoms with van der Waals surface area (Å²) in [7, 11) is 2.15. The van der Waals surface area contributed by atoms with E-state index < -0.39 is 12.2 Å². The van der Waals surface area contributed by atoms with Crippen molar-refractivity contribution in [3.8, 4) is 22.4 Å². The van der Waals surface area contributed by atoms with Crippen LogP contribution in [0.5, 0.6) is 0 Å². The summed E-state index contributed by atoms with van der Waals surface area (Å²) in [6.45, 7) is 4.65. The molecule has 8 nitrogen and oxygen atoms in total. The molecule has 2 aliphatic rings. The lowest BCUT2D eigenvalue weighted by Crippen LogP contribution is -2.41. The first kappa shape index (κ1) is 23.1. The zero-order chi connectivity index (χ0) is 24.8. The van der Waals surface area contributed by atoms with Crippen molar-refractivity contribution in [2.45, 2.75) is 32.2 Å². The molecule has 0 saturated carbocycles. The lowest BCUT2D eigenvalue weighted by atomic mass is 10.0. The van der Waals surface area contributed by atoms with E-state index in [2.05, 4.69) is 37.9 Å². The van der Waals surface area contributed by atoms with E-state index >= 15 is 4.39 Å². The molecular formula is C26H29F2N7O. The van der Waals surface area contributed by atoms with Crippen molar-refractivity contribution >= 4 is 16.9 Å². The van der Waals surface area contributed by atoms with Crippen LogP contribution in [0.15, 0.2) is 36.9 Å². The Morgan fingerprint density at radius 1 is 1.11 bits per heavy atom. The quantitative estimate of drug-likeness (QED) is 0.456. The SMILES string of the molecule is Cc1cc(-c2cnc3[nH]cc(-c4cnn(C5CCN(C)CC5)c4)c3n2)cc(F)c1N1CCOC(F)C1. The van der Waals surface area contributed by atoms with Crippen LogP contribution in [-0.4, -0.2) is 75.8 Å². The maximum atomic E-state index is 15.2. The number of aromatic amines is 1. The van der Waals surface area contributed by atoms with E-state index in [0.717, 1.165) is 42.6 Å². The second-order valence-electron chi connectivity index (χ2n) is 9.75. The summed E-state index contributed by atoms with van der Waals surface area (Å²) in [5.41, 5.74) is 5.58. The molecule has 4 aromatic rings. The van der Waals surface area contributed by atoms with Crippen molar-refractivity contribution in [2.75, 3.05) is 44.7 Å². The minimum Gasteiger partial charge on any atom is -0.361 e. The molecule has 0 radical (unpaired) electrons. The summed E-state index contributed by atoms with van der Waals surface area (Å²) >= 11 is 0. The van der Waals surface area contributed by atoms with Crippen LogP contribution in [0.1, 0.15) is 24.4 Å². The van der Waals surface area contributed by atoms with Gasteiger partial charge in [0.1, 0.15) is 11.3 Å². The number of likely N-dealkylation sites (tertiary alicyclic amines) is 1. The number of alkyl halides is 1. The fourth-order valence-electron chi connectivity index (χ4n) is 5.28. The fraction of sp³-hybridized carbons (Fsp3) is 0.423. The molecule has 1 N–H and O–H groups in total. The van der Waals surface area contributed by atoms with Crippen LogP contribution >= 0.6 is 0 Å². The Labute approximate surface area is 207 Å². The topological polar surface area (TPSA) is 75.1 Å². The first-order valence-electron chi connectivity index (χ1n) is 12.3. The molecule has 1 aromatic carbocycles. The van der Waals surface area contributed by atoms with Gasteiger partial charge in [-0.1, -0.05) is 0 Å². The van der Waals surface area contributed by atoms with Gasteiger partial charge in [0.15, 0.2) is 5.65 Å². The Morgan fingerprint density at radius 3 is 2.72 bits per heavy atom. The number of aryl methyl sites for hydroxylation is 1. The van der Waals surface area contributed by atoms with Gasteiger partial charge in [0, 0.05) is 35.6 Å². The lowest BCUT2D eigenvalue weighted by molar-refractivity contribution is -0.0466. The summed E-state index contributed by atoms with van der Waals surface area (Å²) in [5.74, 6) is -0.408. The molecule has 5 heterocycles. The molecule has 2 aliphatic heterocycles. The zero-order valence-electron chi connectivity index (χ0n) is 20.4. The highest BCUT2D eigenvalue weighted by Crippen LogP contribution is 2.33. The van der Waals surface area contributed by atoms with Crippen LogP contribution in [0.25, 0.3) is 33.5 Å². The van der Waals surface area contributed by atoms with Crippen LogP contribution in [0.4, 0.5) is 14.5 Å². The maximum Gasteiger partial charge on any atom is 0.216 e. The van der Waals surface area contributed by atoms with Gasteiger partial charge in [0.25, 0.3) is 0 Å². The Balaban J connectivity index is 1.31. The van der Waals surface area contributed by atoms with Crippen molar-refractivity contribution in [3.63, 3.8) is 0 Å². The third kappa shape index (κ3) is 4.24. The van der Waals surface area contributed by atoms with Crippen LogP contribution < -0.4 is 4.90 Å². The third-order valence-electron chi connectivity index (χ3n) is 7.25. The Kier molecular flexibility index (Phi) is 5.93. The molecule has 1 atom stereocenters. The van der Waals surface area contributed by atoms with Gasteiger partial charge in [-0.25, -0.2) is 18.7 Å². The van der Waals surface area contributed by atoms with Gasteiger partial charge in [-0.05, 0) is 57.6 Å². The van der Waals surface area contributed by atoms with Gasteiger partial charge < -0.3 is 19.5 Å². The van der Waals surface area contributed by atoms with E-state index in [-0.39, 0.29) is 13.2 Å². The molecule has 2 saturated heterocycles. The van der Waals surface area contributed by atoms with Crippen molar-refractivity contribution < 1.29 is 13.5 Å². The molecule has 0 bridgehead atoms. The largest absolute Gasteiger partial charge is 0.361 e. The summed E-state index contributed by atoms with van der Waals surface area (Å²) in [4.78, 5) is 16.6. The highest BCUT2D eigenvalue weighted by molar-refractivity contribution is 5.91. The molecule has 36 heavy (non-hydrogen) atoms. The second-order valence-corrected chi connectivity index (χ2v) is 9.75. The monoisotopic (exact) mass is 493 g/mol. The summed E-state index contributed by atoms with van der Waals surface area (Å²) in [6.07, 6.45) is 8.22. The van der Waals surface area contributed by atoms with Gasteiger partial charge in [-0.3, -0.25) is 4.68 Å². The average Bonchev–Trinajstić information content (AvgIpc) is 3.51. The van der Waals surface area contributed by atoms with E-state index in [1.807, 2.05) is 25.4 Å². The standard InChI is InChI=1S/C26H29F2N7O/c1-16-9-17(10-21(27)25(16)34-7-8-36-23(28)15-34)22-13-30-26-24(32-22)20(12-29-26)18-11-31-35(14-18)19-3-5-33(2)6-4-19/h9-14,19,23H,3-8,15H2,1-2H3,(H,29,30). The van der Waals surface area contributed by atoms with Crippen molar-refractivity contribution in [2.24, 2.45) is 0 Å². The third-order valence-corrected chi connectivity index (χ3v) is 7.25. The average molecular weight is 494 g/mol. The molecule has 6 rings (SSSR count). The van der Waals surface area contributed by atoms with Gasteiger partial charge in [-0.2, -0.15) is 5.10 Å². The fourth-order valence-corrected chi connectivity index (χ4v) is 5.28. The minimum atomic E-state index is -1.42. The van der Waals surface area contributed by atoms with Crippen molar-refractivity contribution in [3.05, 3.63) is 48.3 Å². The predicted molar refractivity (Wildman–Crippen MR) is 134 cm³/mol. The van der Waals surface area contributed by atoms with Crippen LogP contribution in [0.3, 0.4) is 0 Å². The lowest BCUT2D eigenvalue weighted by Gasteiger charge is -2.32. The van der Waals surface area contributed by atoms with Crippen LogP contribution in [0.2, 0.25) is 0 Å². The number of anilines is 1. The van der Waals surface area contributed by atoms with Crippen molar-refractivity contribution in [1.82, 2.24) is 29.6 Å². The summed E-state index contributed by atoms with van der Waals surface area (Å²) in [6, 6.07) is 3.72. The Hall–Kier alpha value is -3.37. The summed E-state index contributed by atoms with van der Waals surface area (Å²) in [5, 5.41) is 4.64. The van der Waals surface area contributed by atoms with E-state index in [1.54, 1.807) is 11.1 Å². The first-order chi connectivity index (χ1) is 17.5. The molecule has 0 amide bonds. The molecule has 2 fully saturated rings. The first-order valence-corrected chi connectivity index (χ1v) is 12.3. The highest BCUT2D eigenvalue weighted by Gasteiger charge is 2.25. The number of nitrogens with one attached hydrogen (secondary N) is 1. The number of morpholine rings is 1. The van der Waals surface area contributed by atoms with Gasteiger partial charge in [0.2, 0.25) is 6.36 Å². The Morgan fingerprint density at radius 2 is 1.94 bits per heavy atom. The van der Waals surface area contributed by atoms with E-state index in [0.29, 0.717) is 40.7 Å². The zero-order valence-corrected chi connectivity index (χ0v) is 20.4. The summed E-state index contributed by atoms with van der Waals surface area (Å²) < 4.78 is 36.0. The van der Waals surface area contributed by atoms with Gasteiger partial charge in [-0.15, -0.1) is 0 Å². The van der Waals surface area contributed by atoms with Crippen molar-refractivity contribution in [1.29, 1.82) is 0 Å². The van der Waals surface area contributed by atoms with Gasteiger partial charge in [0.05, 0.1) is 43.0 Å². The number of nitrogens with zero attached hydrogens (tertiary/aromatic N) is 6. The van der Waals surface area contributed by atoms with Crippen LogP contribution in [-0.2, 0) is 4.74 Å². The number of benzene rings is 1. The normalized spacial score (nSPS) is 19.9. The van der Waals surface area contributed by atoms with E-state index in [1.165, 1.54) is 6.07 Å². The van der Waals surface area contributed by atoms with E-state index in [9.17, 15) is 4.39 Å². The number of fused-ring (bicyclic) bond motifs is 1. The number of rotatable bonds is 4. The minimum absolute atomic E-state index is 0.0147. The Bertz CT molecular complexity index is 1370. The number of halogens is 2. The number of H-pyrrole nitrogens is 1. The smallest absolute Gasteiger partial charge is 0.216 e. The van der Waals surface area contributed by atoms with E-state index in [4.69, 9.17) is 9.72 Å². The maximum absolute atomic E-state index is 15.2. The number of aromatic nitrogens is 5. The second kappa shape index (κ2) is 9.25. The molecule has 10 heteroatoms. The number of hydrogen-bond acceptors (Lipinski definition) is 6. The molecule has 1 unspecified atom stereocenters. The number of ether oxygens (including phenoxy) is 1.